The van der Waals surface area contributed by atoms with E-state index in [-0.39, 0.29) is 30.8 Å². The summed E-state index contributed by atoms with van der Waals surface area (Å²) in [6, 6.07) is 11.4. The summed E-state index contributed by atoms with van der Waals surface area (Å²) in [5, 5.41) is 9.45. The van der Waals surface area contributed by atoms with Crippen LogP contribution in [0.15, 0.2) is 42.5 Å². The standard InChI is InChI=1S/C22H29F3NO6P/c1-16-5-2-3-6-18(16)7-4-12-31-20-9-8-17(13-19(20)22(23,24)25)10-11-21(26,14-27)15-32-33(28,29)30/h2-3,5-6,8-9,13,27H,4,7,10-12,14-15,26H2,1H3,(H2,28,29,30). The largest absolute Gasteiger partial charge is 0.493 e. The predicted octanol–water partition coefficient (Wildman–Crippen LogP) is 3.76. The number of aliphatic hydroxyl groups excluding tert-OH is 1. The molecular formula is C22H29F3NO6P. The molecule has 1 unspecified atom stereocenters. The Hall–Kier alpha value is -1.94. The average Bonchev–Trinajstić information content (AvgIpc) is 2.74. The highest BCUT2D eigenvalue weighted by Gasteiger charge is 2.35. The molecule has 0 saturated carbocycles. The lowest BCUT2D eigenvalue weighted by Crippen LogP contribution is -2.48. The molecule has 0 bridgehead atoms. The molecule has 2 rings (SSSR count). The number of phosphoric acid groups is 1. The van der Waals surface area contributed by atoms with Gasteiger partial charge < -0.3 is 25.4 Å². The fourth-order valence-corrected chi connectivity index (χ4v) is 3.64. The van der Waals surface area contributed by atoms with Crippen LogP contribution in [0.4, 0.5) is 13.2 Å². The van der Waals surface area contributed by atoms with Crippen molar-refractivity contribution in [1.82, 2.24) is 0 Å². The first kappa shape index (κ1) is 27.3. The third-order valence-corrected chi connectivity index (χ3v) is 5.67. The highest BCUT2D eigenvalue weighted by atomic mass is 31.2. The van der Waals surface area contributed by atoms with E-state index in [4.69, 9.17) is 20.3 Å². The smallest absolute Gasteiger partial charge is 0.469 e. The minimum absolute atomic E-state index is 0.0260. The van der Waals surface area contributed by atoms with Gasteiger partial charge in [-0.3, -0.25) is 4.52 Å². The van der Waals surface area contributed by atoms with Crippen LogP contribution in [0.3, 0.4) is 0 Å². The van der Waals surface area contributed by atoms with E-state index in [9.17, 15) is 22.8 Å². The Morgan fingerprint density at radius 3 is 2.39 bits per heavy atom. The molecule has 7 nitrogen and oxygen atoms in total. The van der Waals surface area contributed by atoms with E-state index in [0.717, 1.165) is 17.2 Å². The molecule has 0 aliphatic rings. The van der Waals surface area contributed by atoms with E-state index in [1.54, 1.807) is 0 Å². The Morgan fingerprint density at radius 2 is 1.79 bits per heavy atom. The van der Waals surface area contributed by atoms with Gasteiger partial charge in [-0.25, -0.2) is 4.57 Å². The Labute approximate surface area is 190 Å². The molecule has 0 aliphatic heterocycles. The Balaban J connectivity index is 2.03. The van der Waals surface area contributed by atoms with Crippen LogP contribution < -0.4 is 10.5 Å². The number of hydrogen-bond acceptors (Lipinski definition) is 5. The molecule has 2 aromatic rings. The van der Waals surface area contributed by atoms with Crippen molar-refractivity contribution in [2.75, 3.05) is 19.8 Å². The fraction of sp³-hybridized carbons (Fsp3) is 0.455. The fourth-order valence-electron chi connectivity index (χ4n) is 3.22. The van der Waals surface area contributed by atoms with Gasteiger partial charge in [-0.1, -0.05) is 30.3 Å². The summed E-state index contributed by atoms with van der Waals surface area (Å²) in [4.78, 5) is 17.6. The van der Waals surface area contributed by atoms with Crippen LogP contribution in [-0.4, -0.2) is 40.3 Å². The molecule has 0 radical (unpaired) electrons. The number of benzene rings is 2. The SMILES string of the molecule is Cc1ccccc1CCCOc1ccc(CCC(N)(CO)COP(=O)(O)O)cc1C(F)(F)F. The normalized spacial score (nSPS) is 14.2. The van der Waals surface area contributed by atoms with Crippen molar-refractivity contribution < 1.29 is 41.9 Å². The van der Waals surface area contributed by atoms with E-state index in [2.05, 4.69) is 4.52 Å². The van der Waals surface area contributed by atoms with Crippen LogP contribution in [0.1, 0.15) is 35.1 Å². The molecule has 33 heavy (non-hydrogen) atoms. The molecule has 184 valence electrons. The van der Waals surface area contributed by atoms with Crippen LogP contribution in [0.25, 0.3) is 0 Å². The lowest BCUT2D eigenvalue weighted by Gasteiger charge is -2.27. The van der Waals surface area contributed by atoms with Crippen LogP contribution in [0.2, 0.25) is 0 Å². The zero-order valence-corrected chi connectivity index (χ0v) is 19.1. The summed E-state index contributed by atoms with van der Waals surface area (Å²) >= 11 is 0. The molecule has 0 aromatic heterocycles. The average molecular weight is 491 g/mol. The first-order chi connectivity index (χ1) is 15.3. The lowest BCUT2D eigenvalue weighted by atomic mass is 9.93. The van der Waals surface area contributed by atoms with Crippen molar-refractivity contribution in [2.45, 2.75) is 44.3 Å². The summed E-state index contributed by atoms with van der Waals surface area (Å²) in [5.74, 6) is -0.276. The summed E-state index contributed by atoms with van der Waals surface area (Å²) in [6.07, 6.45) is -3.43. The third-order valence-electron chi connectivity index (χ3n) is 5.21. The highest BCUT2D eigenvalue weighted by molar-refractivity contribution is 7.46. The quantitative estimate of drug-likeness (QED) is 0.263. The second kappa shape index (κ2) is 11.5. The van der Waals surface area contributed by atoms with Crippen molar-refractivity contribution in [3.63, 3.8) is 0 Å². The molecule has 0 heterocycles. The van der Waals surface area contributed by atoms with Gasteiger partial charge in [-0.05, 0) is 61.4 Å². The topological polar surface area (TPSA) is 122 Å². The van der Waals surface area contributed by atoms with Gasteiger partial charge in [0.1, 0.15) is 5.75 Å². The lowest BCUT2D eigenvalue weighted by molar-refractivity contribution is -0.139. The second-order valence-corrected chi connectivity index (χ2v) is 9.23. The number of hydrogen-bond donors (Lipinski definition) is 4. The van der Waals surface area contributed by atoms with Crippen LogP contribution in [0.5, 0.6) is 5.75 Å². The zero-order chi connectivity index (χ0) is 24.7. The van der Waals surface area contributed by atoms with E-state index >= 15 is 0 Å². The molecule has 0 aliphatic carbocycles. The van der Waals surface area contributed by atoms with Gasteiger partial charge in [-0.2, -0.15) is 13.2 Å². The number of rotatable bonds is 12. The van der Waals surface area contributed by atoms with Crippen molar-refractivity contribution in [1.29, 1.82) is 0 Å². The summed E-state index contributed by atoms with van der Waals surface area (Å²) < 4.78 is 61.4. The van der Waals surface area contributed by atoms with E-state index in [1.165, 1.54) is 12.1 Å². The molecule has 5 N–H and O–H groups in total. The molecule has 11 heteroatoms. The van der Waals surface area contributed by atoms with E-state index in [1.807, 2.05) is 31.2 Å². The molecular weight excluding hydrogens is 462 g/mol. The molecule has 0 spiro atoms. The van der Waals surface area contributed by atoms with Crippen molar-refractivity contribution in [3.8, 4) is 5.75 Å². The number of ether oxygens (including phenoxy) is 1. The number of aliphatic hydroxyl groups is 1. The van der Waals surface area contributed by atoms with E-state index in [0.29, 0.717) is 12.8 Å². The van der Waals surface area contributed by atoms with Gasteiger partial charge in [0.15, 0.2) is 0 Å². The maximum absolute atomic E-state index is 13.6. The second-order valence-electron chi connectivity index (χ2n) is 7.99. The maximum Gasteiger partial charge on any atom is 0.469 e. The minimum atomic E-state index is -4.80. The van der Waals surface area contributed by atoms with Gasteiger partial charge >= 0.3 is 14.0 Å². The summed E-state index contributed by atoms with van der Waals surface area (Å²) in [5.41, 5.74) is 5.95. The number of halogens is 3. The maximum atomic E-state index is 13.6. The number of alkyl halides is 3. The Morgan fingerprint density at radius 1 is 1.09 bits per heavy atom. The Bertz CT molecular complexity index is 965. The van der Waals surface area contributed by atoms with Crippen molar-refractivity contribution in [2.24, 2.45) is 5.73 Å². The van der Waals surface area contributed by atoms with Gasteiger partial charge in [0, 0.05) is 0 Å². The zero-order valence-electron chi connectivity index (χ0n) is 18.2. The number of phosphoric ester groups is 1. The predicted molar refractivity (Wildman–Crippen MR) is 117 cm³/mol. The van der Waals surface area contributed by atoms with Crippen molar-refractivity contribution >= 4 is 7.82 Å². The molecule has 0 saturated heterocycles. The van der Waals surface area contributed by atoms with Gasteiger partial charge in [0.25, 0.3) is 0 Å². The van der Waals surface area contributed by atoms with Gasteiger partial charge in [0.2, 0.25) is 0 Å². The van der Waals surface area contributed by atoms with Crippen LogP contribution >= 0.6 is 7.82 Å². The summed E-state index contributed by atoms with van der Waals surface area (Å²) in [7, 11) is -4.80. The van der Waals surface area contributed by atoms with E-state index < -0.39 is 38.3 Å². The van der Waals surface area contributed by atoms with Crippen molar-refractivity contribution in [3.05, 3.63) is 64.7 Å². The van der Waals surface area contributed by atoms with Gasteiger partial charge in [0.05, 0.1) is 30.9 Å². The van der Waals surface area contributed by atoms with Gasteiger partial charge in [-0.15, -0.1) is 0 Å². The third kappa shape index (κ3) is 9.08. The summed E-state index contributed by atoms with van der Waals surface area (Å²) in [6.45, 7) is 0.776. The first-order valence-corrected chi connectivity index (χ1v) is 11.8. The number of nitrogens with two attached hydrogens (primary N) is 1. The molecule has 1 atom stereocenters. The van der Waals surface area contributed by atoms with Crippen LogP contribution in [-0.2, 0) is 28.1 Å². The first-order valence-electron chi connectivity index (χ1n) is 10.3. The molecule has 0 fully saturated rings. The number of aryl methyl sites for hydroxylation is 3. The monoisotopic (exact) mass is 491 g/mol. The molecule has 0 amide bonds. The minimum Gasteiger partial charge on any atom is -0.493 e. The highest BCUT2D eigenvalue weighted by Crippen LogP contribution is 2.38. The van der Waals surface area contributed by atoms with Crippen LogP contribution in [0, 0.1) is 6.92 Å². The molecule has 2 aromatic carbocycles. The Kier molecular flexibility index (Phi) is 9.48.